The van der Waals surface area contributed by atoms with Gasteiger partial charge in [-0.1, -0.05) is 18.5 Å². The summed E-state index contributed by atoms with van der Waals surface area (Å²) in [5.41, 5.74) is -1.48. The highest BCUT2D eigenvalue weighted by atomic mass is 35.5. The SMILES string of the molecule is CCS(=O)(=O)c1ncc(Cl)cc1Cn1cnc2ccc(C(F)(F)F)cc2c1=O. The van der Waals surface area contributed by atoms with E-state index in [0.29, 0.717) is 0 Å². The van der Waals surface area contributed by atoms with Crippen molar-refractivity contribution in [3.8, 4) is 0 Å². The zero-order chi connectivity index (χ0) is 20.7. The molecule has 28 heavy (non-hydrogen) atoms. The van der Waals surface area contributed by atoms with Gasteiger partial charge in [0.05, 0.1) is 40.1 Å². The summed E-state index contributed by atoms with van der Waals surface area (Å²) in [6.07, 6.45) is -2.30. The molecule has 0 radical (unpaired) electrons. The van der Waals surface area contributed by atoms with E-state index in [0.717, 1.165) is 29.1 Å². The van der Waals surface area contributed by atoms with Gasteiger partial charge in [-0.05, 0) is 24.3 Å². The summed E-state index contributed by atoms with van der Waals surface area (Å²) in [4.78, 5) is 20.5. The van der Waals surface area contributed by atoms with Crippen LogP contribution in [0.5, 0.6) is 0 Å². The maximum atomic E-state index is 12.9. The number of fused-ring (bicyclic) bond motifs is 1. The van der Waals surface area contributed by atoms with Crippen LogP contribution in [0.4, 0.5) is 13.2 Å². The summed E-state index contributed by atoms with van der Waals surface area (Å²) in [5.74, 6) is -0.214. The normalized spacial score (nSPS) is 12.5. The number of alkyl halides is 3. The molecule has 0 aliphatic carbocycles. The molecule has 3 aromatic rings. The minimum absolute atomic E-state index is 0.0971. The second-order valence-corrected chi connectivity index (χ2v) is 8.56. The number of benzene rings is 1. The Balaban J connectivity index is 2.15. The van der Waals surface area contributed by atoms with Gasteiger partial charge in [-0.25, -0.2) is 18.4 Å². The fraction of sp³-hybridized carbons (Fsp3) is 0.235. The standard InChI is InChI=1S/C17H13ClF3N3O3S/c1-2-28(26,27)15-10(5-12(18)7-22-15)8-24-9-23-14-4-3-11(17(19,20)21)6-13(14)16(24)25/h3-7,9H,2,8H2,1H3. The average molecular weight is 432 g/mol. The average Bonchev–Trinajstić information content (AvgIpc) is 2.63. The van der Waals surface area contributed by atoms with Crippen molar-refractivity contribution in [3.05, 3.63) is 63.3 Å². The number of aromatic nitrogens is 3. The van der Waals surface area contributed by atoms with E-state index in [1.807, 2.05) is 0 Å². The smallest absolute Gasteiger partial charge is 0.294 e. The van der Waals surface area contributed by atoms with Crippen molar-refractivity contribution in [3.63, 3.8) is 0 Å². The Morgan fingerprint density at radius 1 is 1.18 bits per heavy atom. The molecule has 0 fully saturated rings. The quantitative estimate of drug-likeness (QED) is 0.633. The molecule has 0 N–H and O–H groups in total. The lowest BCUT2D eigenvalue weighted by atomic mass is 10.1. The van der Waals surface area contributed by atoms with Crippen molar-refractivity contribution in [2.75, 3.05) is 5.75 Å². The summed E-state index contributed by atoms with van der Waals surface area (Å²) in [6, 6.07) is 4.02. The van der Waals surface area contributed by atoms with Crippen LogP contribution in [-0.4, -0.2) is 28.7 Å². The van der Waals surface area contributed by atoms with Gasteiger partial charge in [-0.15, -0.1) is 0 Å². The maximum Gasteiger partial charge on any atom is 0.416 e. The van der Waals surface area contributed by atoms with Gasteiger partial charge in [0.15, 0.2) is 14.9 Å². The number of pyridine rings is 1. The van der Waals surface area contributed by atoms with E-state index in [2.05, 4.69) is 9.97 Å². The molecule has 0 saturated carbocycles. The molecule has 0 spiro atoms. The van der Waals surface area contributed by atoms with E-state index in [-0.39, 0.29) is 38.8 Å². The molecule has 3 rings (SSSR count). The van der Waals surface area contributed by atoms with Crippen molar-refractivity contribution >= 4 is 32.3 Å². The van der Waals surface area contributed by atoms with Gasteiger partial charge in [0.25, 0.3) is 5.56 Å². The van der Waals surface area contributed by atoms with Crippen LogP contribution in [0.1, 0.15) is 18.1 Å². The Hall–Kier alpha value is -2.46. The highest BCUT2D eigenvalue weighted by molar-refractivity contribution is 7.91. The highest BCUT2D eigenvalue weighted by Crippen LogP contribution is 2.30. The molecule has 0 aliphatic rings. The number of rotatable bonds is 4. The second kappa shape index (κ2) is 7.17. The van der Waals surface area contributed by atoms with Crippen LogP contribution < -0.4 is 5.56 Å². The highest BCUT2D eigenvalue weighted by Gasteiger charge is 2.31. The van der Waals surface area contributed by atoms with E-state index in [1.54, 1.807) is 0 Å². The van der Waals surface area contributed by atoms with E-state index >= 15 is 0 Å². The maximum absolute atomic E-state index is 12.9. The van der Waals surface area contributed by atoms with E-state index in [1.165, 1.54) is 19.2 Å². The lowest BCUT2D eigenvalue weighted by Gasteiger charge is -2.12. The van der Waals surface area contributed by atoms with Gasteiger partial charge in [-0.3, -0.25) is 9.36 Å². The third kappa shape index (κ3) is 3.88. The Labute approximate surface area is 162 Å². The lowest BCUT2D eigenvalue weighted by Crippen LogP contribution is -2.23. The van der Waals surface area contributed by atoms with Crippen LogP contribution in [0, 0.1) is 0 Å². The zero-order valence-corrected chi connectivity index (χ0v) is 15.9. The minimum Gasteiger partial charge on any atom is -0.294 e. The van der Waals surface area contributed by atoms with Crippen LogP contribution in [0.3, 0.4) is 0 Å². The first-order valence-electron chi connectivity index (χ1n) is 7.96. The van der Waals surface area contributed by atoms with Crippen LogP contribution in [-0.2, 0) is 22.6 Å². The molecule has 148 valence electrons. The minimum atomic E-state index is -4.61. The monoisotopic (exact) mass is 431 g/mol. The summed E-state index contributed by atoms with van der Waals surface area (Å²) in [7, 11) is -3.70. The summed E-state index contributed by atoms with van der Waals surface area (Å²) in [5, 5.41) is -0.311. The van der Waals surface area contributed by atoms with Gasteiger partial charge >= 0.3 is 6.18 Å². The third-order valence-corrected chi connectivity index (χ3v) is 5.98. The molecule has 0 unspecified atom stereocenters. The Kier molecular flexibility index (Phi) is 5.20. The van der Waals surface area contributed by atoms with Crippen LogP contribution in [0.15, 0.2) is 46.6 Å². The van der Waals surface area contributed by atoms with Crippen molar-refractivity contribution in [1.82, 2.24) is 14.5 Å². The fourth-order valence-corrected chi connectivity index (χ4v) is 3.82. The third-order valence-electron chi connectivity index (χ3n) is 4.06. The second-order valence-electron chi connectivity index (χ2n) is 5.93. The molecular formula is C17H13ClF3N3O3S. The van der Waals surface area contributed by atoms with Crippen LogP contribution in [0.2, 0.25) is 5.02 Å². The van der Waals surface area contributed by atoms with Crippen molar-refractivity contribution < 1.29 is 21.6 Å². The first-order valence-corrected chi connectivity index (χ1v) is 9.99. The first kappa shape index (κ1) is 20.3. The van der Waals surface area contributed by atoms with Gasteiger partial charge in [-0.2, -0.15) is 13.2 Å². The molecule has 11 heteroatoms. The molecule has 6 nitrogen and oxygen atoms in total. The van der Waals surface area contributed by atoms with Gasteiger partial charge in [0, 0.05) is 11.8 Å². The molecule has 1 aromatic carbocycles. The topological polar surface area (TPSA) is 81.9 Å². The molecule has 0 saturated heterocycles. The van der Waals surface area contributed by atoms with Gasteiger partial charge in [0.1, 0.15) is 0 Å². The number of nitrogens with zero attached hydrogens (tertiary/aromatic N) is 3. The van der Waals surface area contributed by atoms with E-state index in [4.69, 9.17) is 11.6 Å². The summed E-state index contributed by atoms with van der Waals surface area (Å²) in [6.45, 7) is 1.18. The zero-order valence-electron chi connectivity index (χ0n) is 14.4. The molecular weight excluding hydrogens is 419 g/mol. The number of halogens is 4. The number of sulfone groups is 1. The number of hydrogen-bond acceptors (Lipinski definition) is 5. The van der Waals surface area contributed by atoms with Crippen LogP contribution in [0.25, 0.3) is 10.9 Å². The summed E-state index contributed by atoms with van der Waals surface area (Å²) >= 11 is 5.90. The largest absolute Gasteiger partial charge is 0.416 e. The fourth-order valence-electron chi connectivity index (χ4n) is 2.63. The first-order chi connectivity index (χ1) is 13.0. The molecule has 0 aliphatic heterocycles. The molecule has 2 heterocycles. The summed E-state index contributed by atoms with van der Waals surface area (Å²) < 4.78 is 64.3. The van der Waals surface area contributed by atoms with Crippen LogP contribution >= 0.6 is 11.6 Å². The molecule has 0 bridgehead atoms. The molecule has 0 amide bonds. The predicted octanol–water partition coefficient (Wildman–Crippen LogP) is 3.31. The molecule has 2 aromatic heterocycles. The Morgan fingerprint density at radius 2 is 1.89 bits per heavy atom. The van der Waals surface area contributed by atoms with Crippen molar-refractivity contribution in [2.45, 2.75) is 24.7 Å². The Morgan fingerprint density at radius 3 is 2.54 bits per heavy atom. The van der Waals surface area contributed by atoms with E-state index in [9.17, 15) is 26.4 Å². The van der Waals surface area contributed by atoms with E-state index < -0.39 is 27.1 Å². The Bertz CT molecular complexity index is 1220. The lowest BCUT2D eigenvalue weighted by molar-refractivity contribution is -0.137. The van der Waals surface area contributed by atoms with Crippen molar-refractivity contribution in [2.24, 2.45) is 0 Å². The van der Waals surface area contributed by atoms with Crippen molar-refractivity contribution in [1.29, 1.82) is 0 Å². The number of hydrogen-bond donors (Lipinski definition) is 0. The molecule has 0 atom stereocenters. The predicted molar refractivity (Wildman–Crippen MR) is 97.1 cm³/mol. The van der Waals surface area contributed by atoms with Gasteiger partial charge in [0.2, 0.25) is 0 Å². The van der Waals surface area contributed by atoms with Gasteiger partial charge < -0.3 is 0 Å².